The van der Waals surface area contributed by atoms with Gasteiger partial charge in [-0.2, -0.15) is 0 Å². The van der Waals surface area contributed by atoms with E-state index in [0.717, 1.165) is 16.7 Å². The maximum Gasteiger partial charge on any atom is 0.298 e. The number of anilines is 1. The number of carbonyl (C=O) groups excluding carboxylic acids is 2. The average molecular weight is 480 g/mol. The third-order valence-electron chi connectivity index (χ3n) is 5.03. The van der Waals surface area contributed by atoms with Crippen LogP contribution in [0.1, 0.15) is 18.1 Å². The molecule has 34 heavy (non-hydrogen) atoms. The molecule has 0 bridgehead atoms. The fourth-order valence-electron chi connectivity index (χ4n) is 3.41. The first-order valence-electron chi connectivity index (χ1n) is 10.6. The van der Waals surface area contributed by atoms with Crippen molar-refractivity contribution in [1.82, 2.24) is 0 Å². The van der Waals surface area contributed by atoms with Crippen LogP contribution in [-0.4, -0.2) is 24.9 Å². The zero-order chi connectivity index (χ0) is 24.1. The number of ether oxygens (including phenoxy) is 3. The SMILES string of the molecule is CCOc1cc(/C=C2\SC(=O)N(c3ccccc3OC)C2=O)ccc1OCc1ccccc1F. The lowest BCUT2D eigenvalue weighted by atomic mass is 10.1. The normalized spacial score (nSPS) is 14.6. The smallest absolute Gasteiger partial charge is 0.298 e. The van der Waals surface area contributed by atoms with Gasteiger partial charge in [0.05, 0.1) is 24.3 Å². The van der Waals surface area contributed by atoms with Crippen molar-refractivity contribution in [2.45, 2.75) is 13.5 Å². The maximum absolute atomic E-state index is 13.9. The second kappa shape index (κ2) is 10.4. The number of methoxy groups -OCH3 is 1. The predicted molar refractivity (Wildman–Crippen MR) is 130 cm³/mol. The minimum atomic E-state index is -0.433. The minimum Gasteiger partial charge on any atom is -0.495 e. The second-order valence-electron chi connectivity index (χ2n) is 7.21. The van der Waals surface area contributed by atoms with Crippen LogP contribution in [0.5, 0.6) is 17.2 Å². The number of halogens is 1. The number of nitrogens with zero attached hydrogens (tertiary/aromatic N) is 1. The summed E-state index contributed by atoms with van der Waals surface area (Å²) in [5.74, 6) is 0.558. The molecule has 0 N–H and O–H groups in total. The third-order valence-corrected chi connectivity index (χ3v) is 5.90. The molecule has 0 unspecified atom stereocenters. The van der Waals surface area contributed by atoms with Crippen LogP contribution >= 0.6 is 11.8 Å². The molecule has 0 atom stereocenters. The number of imide groups is 1. The van der Waals surface area contributed by atoms with E-state index in [1.165, 1.54) is 13.2 Å². The number of para-hydroxylation sites is 2. The van der Waals surface area contributed by atoms with Gasteiger partial charge in [-0.05, 0) is 60.7 Å². The summed E-state index contributed by atoms with van der Waals surface area (Å²) in [4.78, 5) is 27.0. The Balaban J connectivity index is 1.57. The highest BCUT2D eigenvalue weighted by Gasteiger charge is 2.37. The van der Waals surface area contributed by atoms with Crippen molar-refractivity contribution in [2.75, 3.05) is 18.6 Å². The van der Waals surface area contributed by atoms with E-state index in [1.54, 1.807) is 66.7 Å². The van der Waals surface area contributed by atoms with E-state index in [2.05, 4.69) is 0 Å². The lowest BCUT2D eigenvalue weighted by Crippen LogP contribution is -2.28. The molecule has 3 aromatic carbocycles. The number of carbonyl (C=O) groups is 2. The van der Waals surface area contributed by atoms with E-state index in [9.17, 15) is 14.0 Å². The van der Waals surface area contributed by atoms with Crippen molar-refractivity contribution in [3.63, 3.8) is 0 Å². The molecule has 1 aliphatic rings. The Morgan fingerprint density at radius 2 is 1.71 bits per heavy atom. The molecule has 1 aliphatic heterocycles. The molecule has 174 valence electrons. The van der Waals surface area contributed by atoms with Crippen LogP contribution < -0.4 is 19.1 Å². The van der Waals surface area contributed by atoms with Crippen LogP contribution in [0, 0.1) is 5.82 Å². The molecular weight excluding hydrogens is 457 g/mol. The fourth-order valence-corrected chi connectivity index (χ4v) is 4.25. The first-order chi connectivity index (χ1) is 16.5. The fraction of sp³-hybridized carbons (Fsp3) is 0.154. The van der Waals surface area contributed by atoms with Gasteiger partial charge >= 0.3 is 0 Å². The first-order valence-corrected chi connectivity index (χ1v) is 11.4. The highest BCUT2D eigenvalue weighted by atomic mass is 32.2. The molecule has 0 aliphatic carbocycles. The molecule has 0 aromatic heterocycles. The molecule has 0 radical (unpaired) electrons. The Labute approximate surface area is 200 Å². The number of rotatable bonds is 8. The van der Waals surface area contributed by atoms with Crippen LogP contribution in [-0.2, 0) is 11.4 Å². The van der Waals surface area contributed by atoms with Gasteiger partial charge < -0.3 is 14.2 Å². The highest BCUT2D eigenvalue weighted by Crippen LogP contribution is 2.40. The van der Waals surface area contributed by atoms with Gasteiger partial charge in [0.2, 0.25) is 0 Å². The summed E-state index contributed by atoms with van der Waals surface area (Å²) in [5, 5.41) is -0.407. The minimum absolute atomic E-state index is 0.0455. The van der Waals surface area contributed by atoms with E-state index >= 15 is 0 Å². The summed E-state index contributed by atoms with van der Waals surface area (Å²) in [7, 11) is 1.48. The molecule has 1 fully saturated rings. The van der Waals surface area contributed by atoms with Crippen molar-refractivity contribution in [1.29, 1.82) is 0 Å². The molecular formula is C26H22FNO5S. The topological polar surface area (TPSA) is 65.1 Å². The van der Waals surface area contributed by atoms with E-state index < -0.39 is 11.1 Å². The van der Waals surface area contributed by atoms with Crippen LogP contribution in [0.2, 0.25) is 0 Å². The standard InChI is InChI=1S/C26H22FNO5S/c1-3-32-23-14-17(12-13-22(23)33-16-18-8-4-5-9-19(18)27)15-24-25(29)28(26(30)34-24)20-10-6-7-11-21(20)31-2/h4-15H,3,16H2,1-2H3/b24-15-. The number of amides is 2. The molecule has 3 aromatic rings. The van der Waals surface area contributed by atoms with Gasteiger partial charge in [-0.1, -0.05) is 36.4 Å². The summed E-state index contributed by atoms with van der Waals surface area (Å²) >= 11 is 0.852. The van der Waals surface area contributed by atoms with Crippen LogP contribution in [0.25, 0.3) is 6.08 Å². The highest BCUT2D eigenvalue weighted by molar-refractivity contribution is 8.19. The molecule has 2 amide bonds. The van der Waals surface area contributed by atoms with Crippen molar-refractivity contribution in [2.24, 2.45) is 0 Å². The Morgan fingerprint density at radius 3 is 2.47 bits per heavy atom. The molecule has 1 heterocycles. The molecule has 8 heteroatoms. The monoisotopic (exact) mass is 479 g/mol. The number of thioether (sulfide) groups is 1. The average Bonchev–Trinajstić information content (AvgIpc) is 3.12. The zero-order valence-corrected chi connectivity index (χ0v) is 19.4. The van der Waals surface area contributed by atoms with Crippen molar-refractivity contribution in [3.8, 4) is 17.2 Å². The van der Waals surface area contributed by atoms with E-state index in [-0.39, 0.29) is 17.3 Å². The lowest BCUT2D eigenvalue weighted by molar-refractivity contribution is -0.113. The van der Waals surface area contributed by atoms with Gasteiger partial charge in [-0.25, -0.2) is 9.29 Å². The van der Waals surface area contributed by atoms with Gasteiger partial charge in [-0.3, -0.25) is 9.59 Å². The Bertz CT molecular complexity index is 1260. The molecule has 6 nitrogen and oxygen atoms in total. The third kappa shape index (κ3) is 4.92. The molecule has 0 saturated carbocycles. The lowest BCUT2D eigenvalue weighted by Gasteiger charge is -2.15. The first kappa shape index (κ1) is 23.4. The number of benzene rings is 3. The Kier molecular flexibility index (Phi) is 7.18. The van der Waals surface area contributed by atoms with Gasteiger partial charge in [0, 0.05) is 5.56 Å². The quantitative estimate of drug-likeness (QED) is 0.366. The van der Waals surface area contributed by atoms with Crippen LogP contribution in [0.3, 0.4) is 0 Å². The van der Waals surface area contributed by atoms with E-state index in [1.807, 2.05) is 6.92 Å². The van der Waals surface area contributed by atoms with Crippen molar-refractivity contribution in [3.05, 3.63) is 88.6 Å². The molecule has 1 saturated heterocycles. The molecule has 4 rings (SSSR count). The Morgan fingerprint density at radius 1 is 0.941 bits per heavy atom. The van der Waals surface area contributed by atoms with Gasteiger partial charge in [0.25, 0.3) is 11.1 Å². The van der Waals surface area contributed by atoms with Gasteiger partial charge in [0.1, 0.15) is 18.2 Å². The van der Waals surface area contributed by atoms with Crippen molar-refractivity contribution < 1.29 is 28.2 Å². The summed E-state index contributed by atoms with van der Waals surface area (Å²) in [6.07, 6.45) is 1.63. The zero-order valence-electron chi connectivity index (χ0n) is 18.6. The van der Waals surface area contributed by atoms with Gasteiger partial charge in [0.15, 0.2) is 11.5 Å². The predicted octanol–water partition coefficient (Wildman–Crippen LogP) is 6.05. The summed E-state index contributed by atoms with van der Waals surface area (Å²) in [6.45, 7) is 2.28. The maximum atomic E-state index is 13.9. The summed E-state index contributed by atoms with van der Waals surface area (Å²) in [6, 6.07) is 18.4. The van der Waals surface area contributed by atoms with Crippen LogP contribution in [0.4, 0.5) is 14.9 Å². The number of hydrogen-bond acceptors (Lipinski definition) is 6. The molecule has 0 spiro atoms. The largest absolute Gasteiger partial charge is 0.495 e. The number of hydrogen-bond donors (Lipinski definition) is 0. The van der Waals surface area contributed by atoms with Gasteiger partial charge in [-0.15, -0.1) is 0 Å². The summed E-state index contributed by atoms with van der Waals surface area (Å²) in [5.41, 5.74) is 1.48. The Hall–Kier alpha value is -3.78. The van der Waals surface area contributed by atoms with E-state index in [0.29, 0.717) is 40.7 Å². The van der Waals surface area contributed by atoms with Crippen LogP contribution in [0.15, 0.2) is 71.6 Å². The van der Waals surface area contributed by atoms with Crippen molar-refractivity contribution >= 4 is 34.7 Å². The summed E-state index contributed by atoms with van der Waals surface area (Å²) < 4.78 is 30.7. The van der Waals surface area contributed by atoms with E-state index in [4.69, 9.17) is 14.2 Å². The second-order valence-corrected chi connectivity index (χ2v) is 8.20.